The lowest BCUT2D eigenvalue weighted by atomic mass is 10.0. The molecule has 0 bridgehead atoms. The minimum absolute atomic E-state index is 0.105. The van der Waals surface area contributed by atoms with Crippen molar-refractivity contribution in [3.8, 4) is 0 Å². The Morgan fingerprint density at radius 1 is 1.30 bits per heavy atom. The summed E-state index contributed by atoms with van der Waals surface area (Å²) in [6.07, 6.45) is 3.19. The highest BCUT2D eigenvalue weighted by Gasteiger charge is 2.14. The van der Waals surface area contributed by atoms with E-state index in [1.807, 2.05) is 12.3 Å². The summed E-state index contributed by atoms with van der Waals surface area (Å²) < 4.78 is 0. The number of nitrogens with zero attached hydrogens (tertiary/aromatic N) is 2. The summed E-state index contributed by atoms with van der Waals surface area (Å²) in [5.74, 6) is -0.395. The van der Waals surface area contributed by atoms with E-state index in [-0.39, 0.29) is 17.4 Å². The molecule has 0 atom stereocenters. The molecule has 0 unspecified atom stereocenters. The minimum atomic E-state index is -0.254. The second-order valence-electron chi connectivity index (χ2n) is 5.14. The molecule has 2 N–H and O–H groups in total. The Bertz CT molecular complexity index is 833. The van der Waals surface area contributed by atoms with Gasteiger partial charge < -0.3 is 5.11 Å². The fourth-order valence-electron chi connectivity index (χ4n) is 2.19. The minimum Gasteiger partial charge on any atom is -0.504 e. The lowest BCUT2D eigenvalue weighted by Gasteiger charge is -2.03. The van der Waals surface area contributed by atoms with Crippen molar-refractivity contribution in [2.24, 2.45) is 0 Å². The molecule has 0 amide bonds. The lowest BCUT2D eigenvalue weighted by Crippen LogP contribution is -2.00. The Labute approximate surface area is 137 Å². The third kappa shape index (κ3) is 3.54. The summed E-state index contributed by atoms with van der Waals surface area (Å²) in [6.45, 7) is 2.04. The molecule has 0 radical (unpaired) electrons. The molecular weight excluding hydrogens is 310 g/mol. The predicted molar refractivity (Wildman–Crippen MR) is 89.6 cm³/mol. The van der Waals surface area contributed by atoms with Crippen LogP contribution in [0.15, 0.2) is 48.1 Å². The molecule has 2 aromatic heterocycles. The first-order chi connectivity index (χ1) is 11.1. The number of nitrogens with one attached hydrogen (secondary N) is 1. The number of allylic oxidation sites excluding steroid dienone is 1. The van der Waals surface area contributed by atoms with Gasteiger partial charge in [-0.1, -0.05) is 29.8 Å². The quantitative estimate of drug-likeness (QED) is 0.427. The van der Waals surface area contributed by atoms with Crippen LogP contribution < -0.4 is 0 Å². The third-order valence-electron chi connectivity index (χ3n) is 3.41. The van der Waals surface area contributed by atoms with E-state index in [0.29, 0.717) is 12.0 Å². The maximum absolute atomic E-state index is 12.4. The van der Waals surface area contributed by atoms with Crippen LogP contribution in [0, 0.1) is 6.92 Å². The molecule has 1 aromatic carbocycles. The molecule has 23 heavy (non-hydrogen) atoms. The zero-order chi connectivity index (χ0) is 16.2. The maximum atomic E-state index is 12.4. The van der Waals surface area contributed by atoms with Gasteiger partial charge >= 0.3 is 0 Å². The van der Waals surface area contributed by atoms with E-state index < -0.39 is 0 Å². The zero-order valence-corrected chi connectivity index (χ0v) is 13.3. The summed E-state index contributed by atoms with van der Waals surface area (Å²) in [5, 5.41) is 18.0. The molecule has 0 aliphatic heterocycles. The Hall–Kier alpha value is -2.73. The number of hydrogen-bond donors (Lipinski definition) is 2. The maximum Gasteiger partial charge on any atom is 0.215 e. The number of aromatic nitrogens is 3. The Kier molecular flexibility index (Phi) is 4.34. The van der Waals surface area contributed by atoms with Crippen molar-refractivity contribution in [3.05, 3.63) is 75.5 Å². The number of aryl methyl sites for hydroxylation is 1. The summed E-state index contributed by atoms with van der Waals surface area (Å²) in [5.41, 5.74) is 2.95. The van der Waals surface area contributed by atoms with Gasteiger partial charge in [0, 0.05) is 22.9 Å². The van der Waals surface area contributed by atoms with Crippen molar-refractivity contribution in [1.82, 2.24) is 15.2 Å². The van der Waals surface area contributed by atoms with Crippen LogP contribution >= 0.6 is 11.3 Å². The average Bonchev–Trinajstić information content (AvgIpc) is 3.20. The monoisotopic (exact) mass is 325 g/mol. The van der Waals surface area contributed by atoms with Gasteiger partial charge in [-0.05, 0) is 23.9 Å². The van der Waals surface area contributed by atoms with Crippen LogP contribution in [0.1, 0.15) is 32.2 Å². The first-order valence-corrected chi connectivity index (χ1v) is 7.94. The normalized spacial score (nSPS) is 11.6. The average molecular weight is 325 g/mol. The SMILES string of the molecule is Cc1ccc(Cc2sccc2C(=O)C=C(O)c2nc[nH]n2)cc1. The van der Waals surface area contributed by atoms with E-state index in [0.717, 1.165) is 16.5 Å². The van der Waals surface area contributed by atoms with Crippen LogP contribution in [0.4, 0.5) is 0 Å². The highest BCUT2D eigenvalue weighted by atomic mass is 32.1. The van der Waals surface area contributed by atoms with Gasteiger partial charge in [0.2, 0.25) is 5.82 Å². The summed E-state index contributed by atoms with van der Waals surface area (Å²) in [4.78, 5) is 17.2. The van der Waals surface area contributed by atoms with Crippen molar-refractivity contribution in [1.29, 1.82) is 0 Å². The highest BCUT2D eigenvalue weighted by molar-refractivity contribution is 7.10. The van der Waals surface area contributed by atoms with E-state index in [4.69, 9.17) is 0 Å². The van der Waals surface area contributed by atoms with Crippen LogP contribution in [-0.2, 0) is 6.42 Å². The third-order valence-corrected chi connectivity index (χ3v) is 4.33. The van der Waals surface area contributed by atoms with Gasteiger partial charge in [-0.25, -0.2) is 4.98 Å². The molecule has 0 saturated heterocycles. The first-order valence-electron chi connectivity index (χ1n) is 7.06. The standard InChI is InChI=1S/C17H15N3O2S/c1-11-2-4-12(5-3-11)8-16-13(6-7-23-16)14(21)9-15(22)17-18-10-19-20-17/h2-7,9-10,22H,8H2,1H3,(H,18,19,20). The Balaban J connectivity index is 1.81. The van der Waals surface area contributed by atoms with Crippen LogP contribution in [-0.4, -0.2) is 26.1 Å². The highest BCUT2D eigenvalue weighted by Crippen LogP contribution is 2.22. The summed E-state index contributed by atoms with van der Waals surface area (Å²) in [6, 6.07) is 10.0. The van der Waals surface area contributed by atoms with Gasteiger partial charge in [-0.3, -0.25) is 9.89 Å². The molecule has 5 nitrogen and oxygen atoms in total. The lowest BCUT2D eigenvalue weighted by molar-refractivity contribution is 0.104. The van der Waals surface area contributed by atoms with Gasteiger partial charge in [-0.2, -0.15) is 5.10 Å². The second-order valence-corrected chi connectivity index (χ2v) is 6.14. The van der Waals surface area contributed by atoms with Crippen molar-refractivity contribution in [3.63, 3.8) is 0 Å². The van der Waals surface area contributed by atoms with Crippen molar-refractivity contribution >= 4 is 22.9 Å². The molecule has 0 aliphatic carbocycles. The van der Waals surface area contributed by atoms with Crippen LogP contribution in [0.3, 0.4) is 0 Å². The van der Waals surface area contributed by atoms with Gasteiger partial charge in [0.15, 0.2) is 11.5 Å². The fourth-order valence-corrected chi connectivity index (χ4v) is 3.10. The van der Waals surface area contributed by atoms with Crippen LogP contribution in [0.25, 0.3) is 5.76 Å². The number of H-pyrrole nitrogens is 1. The Morgan fingerprint density at radius 2 is 2.09 bits per heavy atom. The van der Waals surface area contributed by atoms with E-state index >= 15 is 0 Å². The largest absolute Gasteiger partial charge is 0.504 e. The molecule has 3 aromatic rings. The zero-order valence-electron chi connectivity index (χ0n) is 12.5. The first kappa shape index (κ1) is 15.2. The molecule has 0 aliphatic rings. The van der Waals surface area contributed by atoms with Gasteiger partial charge in [0.05, 0.1) is 0 Å². The van der Waals surface area contributed by atoms with Crippen molar-refractivity contribution < 1.29 is 9.90 Å². The Morgan fingerprint density at radius 3 is 2.78 bits per heavy atom. The second kappa shape index (κ2) is 6.58. The smallest absolute Gasteiger partial charge is 0.215 e. The number of hydrogen-bond acceptors (Lipinski definition) is 5. The van der Waals surface area contributed by atoms with Crippen LogP contribution in [0.5, 0.6) is 0 Å². The molecule has 2 heterocycles. The number of benzene rings is 1. The van der Waals surface area contributed by atoms with Crippen molar-refractivity contribution in [2.75, 3.05) is 0 Å². The predicted octanol–water partition coefficient (Wildman–Crippen LogP) is 3.55. The topological polar surface area (TPSA) is 78.9 Å². The number of ketones is 1. The van der Waals surface area contributed by atoms with E-state index in [1.165, 1.54) is 23.2 Å². The van der Waals surface area contributed by atoms with E-state index in [2.05, 4.69) is 39.4 Å². The number of rotatable bonds is 5. The fraction of sp³-hybridized carbons (Fsp3) is 0.118. The molecule has 0 spiro atoms. The number of carbonyl (C=O) groups excluding carboxylic acids is 1. The van der Waals surface area contributed by atoms with E-state index in [1.54, 1.807) is 6.07 Å². The van der Waals surface area contributed by atoms with Crippen LogP contribution in [0.2, 0.25) is 0 Å². The van der Waals surface area contributed by atoms with E-state index in [9.17, 15) is 9.90 Å². The molecule has 6 heteroatoms. The molecular formula is C17H15N3O2S. The molecule has 116 valence electrons. The van der Waals surface area contributed by atoms with Gasteiger partial charge in [-0.15, -0.1) is 11.3 Å². The number of aliphatic hydroxyl groups is 1. The van der Waals surface area contributed by atoms with Gasteiger partial charge in [0.25, 0.3) is 0 Å². The number of thiophene rings is 1. The molecule has 0 saturated carbocycles. The number of carbonyl (C=O) groups is 1. The van der Waals surface area contributed by atoms with Gasteiger partial charge in [0.1, 0.15) is 6.33 Å². The molecule has 0 fully saturated rings. The summed E-state index contributed by atoms with van der Waals surface area (Å²) in [7, 11) is 0. The summed E-state index contributed by atoms with van der Waals surface area (Å²) >= 11 is 1.53. The molecule has 3 rings (SSSR count). The van der Waals surface area contributed by atoms with Crippen molar-refractivity contribution in [2.45, 2.75) is 13.3 Å². The number of aliphatic hydroxyl groups excluding tert-OH is 1. The number of aromatic amines is 1.